The van der Waals surface area contributed by atoms with Crippen LogP contribution in [0.5, 0.6) is 0 Å². The number of allylic oxidation sites excluding steroid dienone is 3. The van der Waals surface area contributed by atoms with Gasteiger partial charge in [0.05, 0.1) is 11.4 Å². The summed E-state index contributed by atoms with van der Waals surface area (Å²) in [5, 5.41) is 3.39. The molecule has 0 amide bonds. The molecular formula is C11H18N2. The Morgan fingerprint density at radius 2 is 2.23 bits per heavy atom. The monoisotopic (exact) mass is 178 g/mol. The first-order chi connectivity index (χ1) is 6.25. The summed E-state index contributed by atoms with van der Waals surface area (Å²) in [7, 11) is 0. The van der Waals surface area contributed by atoms with E-state index in [4.69, 9.17) is 0 Å². The minimum atomic E-state index is 1.08. The van der Waals surface area contributed by atoms with Crippen molar-refractivity contribution in [1.29, 1.82) is 0 Å². The topological polar surface area (TPSA) is 24.4 Å². The molecule has 0 unspecified atom stereocenters. The van der Waals surface area contributed by atoms with Crippen LogP contribution in [0.4, 0.5) is 0 Å². The van der Waals surface area contributed by atoms with Crippen molar-refractivity contribution < 1.29 is 0 Å². The van der Waals surface area contributed by atoms with Crippen molar-refractivity contribution in [3.8, 4) is 0 Å². The lowest BCUT2D eigenvalue weighted by Gasteiger charge is -2.20. The number of nitrogens with one attached hydrogen (secondary N) is 1. The molecule has 0 radical (unpaired) electrons. The molecule has 0 aromatic heterocycles. The van der Waals surface area contributed by atoms with Crippen LogP contribution in [0.15, 0.2) is 28.5 Å². The highest BCUT2D eigenvalue weighted by atomic mass is 14.9. The number of hydrogen-bond acceptors (Lipinski definition) is 2. The Hall–Kier alpha value is -1.05. The fraction of sp³-hybridized carbons (Fsp3) is 0.545. The second-order valence-electron chi connectivity index (χ2n) is 3.46. The first-order valence-electron chi connectivity index (χ1n) is 4.85. The fourth-order valence-corrected chi connectivity index (χ4v) is 1.46. The lowest BCUT2D eigenvalue weighted by atomic mass is 10.0. The van der Waals surface area contributed by atoms with Gasteiger partial charge >= 0.3 is 0 Å². The van der Waals surface area contributed by atoms with Gasteiger partial charge in [-0.15, -0.1) is 0 Å². The van der Waals surface area contributed by atoms with Crippen molar-refractivity contribution in [3.05, 3.63) is 23.5 Å². The van der Waals surface area contributed by atoms with E-state index in [0.29, 0.717) is 0 Å². The van der Waals surface area contributed by atoms with Crippen LogP contribution in [0.25, 0.3) is 0 Å². The van der Waals surface area contributed by atoms with Crippen molar-refractivity contribution >= 4 is 5.71 Å². The van der Waals surface area contributed by atoms with Crippen LogP contribution in [0, 0.1) is 0 Å². The maximum Gasteiger partial charge on any atom is 0.0634 e. The third kappa shape index (κ3) is 2.72. The minimum Gasteiger partial charge on any atom is -0.384 e. The summed E-state index contributed by atoms with van der Waals surface area (Å²) in [5.74, 6) is 0. The van der Waals surface area contributed by atoms with E-state index in [9.17, 15) is 0 Å². The van der Waals surface area contributed by atoms with Crippen molar-refractivity contribution in [1.82, 2.24) is 5.32 Å². The lowest BCUT2D eigenvalue weighted by molar-refractivity contribution is 0.718. The number of rotatable bonds is 1. The Kier molecular flexibility index (Phi) is 3.74. The zero-order chi connectivity index (χ0) is 9.68. The normalized spacial score (nSPS) is 20.8. The summed E-state index contributed by atoms with van der Waals surface area (Å²) in [4.78, 5) is 4.42. The molecule has 1 aliphatic heterocycles. The summed E-state index contributed by atoms with van der Waals surface area (Å²) in [6.07, 6.45) is 6.11. The Balaban J connectivity index is 2.86. The van der Waals surface area contributed by atoms with Crippen LogP contribution in [0.2, 0.25) is 0 Å². The zero-order valence-corrected chi connectivity index (χ0v) is 8.72. The van der Waals surface area contributed by atoms with Crippen LogP contribution in [-0.2, 0) is 0 Å². The molecule has 1 N–H and O–H groups in total. The summed E-state index contributed by atoms with van der Waals surface area (Å²) in [6, 6.07) is 0. The SMILES string of the molecule is C/C=C\N=C1\CCCNC1=C(C)C. The quantitative estimate of drug-likeness (QED) is 0.656. The molecule has 1 heterocycles. The Morgan fingerprint density at radius 1 is 1.46 bits per heavy atom. The smallest absolute Gasteiger partial charge is 0.0634 e. The molecule has 2 heteroatoms. The Bertz CT molecular complexity index is 255. The molecule has 0 atom stereocenters. The molecule has 1 fully saturated rings. The molecule has 13 heavy (non-hydrogen) atoms. The third-order valence-electron chi connectivity index (χ3n) is 2.06. The van der Waals surface area contributed by atoms with Crippen molar-refractivity contribution in [2.75, 3.05) is 6.54 Å². The zero-order valence-electron chi connectivity index (χ0n) is 8.72. The highest BCUT2D eigenvalue weighted by Gasteiger charge is 2.12. The predicted molar refractivity (Wildman–Crippen MR) is 57.9 cm³/mol. The fourth-order valence-electron chi connectivity index (χ4n) is 1.46. The van der Waals surface area contributed by atoms with Crippen molar-refractivity contribution in [2.45, 2.75) is 33.6 Å². The second-order valence-corrected chi connectivity index (χ2v) is 3.46. The average Bonchev–Trinajstić information content (AvgIpc) is 2.15. The summed E-state index contributed by atoms with van der Waals surface area (Å²) in [5.41, 5.74) is 3.76. The largest absolute Gasteiger partial charge is 0.384 e. The summed E-state index contributed by atoms with van der Waals surface area (Å²) >= 11 is 0. The summed E-state index contributed by atoms with van der Waals surface area (Å²) < 4.78 is 0. The van der Waals surface area contributed by atoms with E-state index in [1.165, 1.54) is 23.4 Å². The van der Waals surface area contributed by atoms with E-state index in [-0.39, 0.29) is 0 Å². The number of aliphatic imine (C=N–C) groups is 1. The minimum absolute atomic E-state index is 1.08. The maximum absolute atomic E-state index is 4.42. The molecule has 1 aliphatic rings. The molecule has 0 aromatic carbocycles. The average molecular weight is 178 g/mol. The molecule has 1 rings (SSSR count). The van der Waals surface area contributed by atoms with Gasteiger partial charge in [0, 0.05) is 12.7 Å². The molecule has 72 valence electrons. The molecule has 0 aliphatic carbocycles. The Morgan fingerprint density at radius 3 is 2.85 bits per heavy atom. The van der Waals surface area contributed by atoms with Gasteiger partial charge in [0.1, 0.15) is 0 Å². The third-order valence-corrected chi connectivity index (χ3v) is 2.06. The van der Waals surface area contributed by atoms with Crippen LogP contribution >= 0.6 is 0 Å². The van der Waals surface area contributed by atoms with Gasteiger partial charge in [-0.1, -0.05) is 11.6 Å². The first kappa shape index (κ1) is 10.0. The molecule has 0 aromatic rings. The highest BCUT2D eigenvalue weighted by Crippen LogP contribution is 2.12. The molecule has 2 nitrogen and oxygen atoms in total. The van der Waals surface area contributed by atoms with E-state index in [1.807, 2.05) is 19.2 Å². The Labute approximate surface area is 80.4 Å². The molecule has 1 saturated heterocycles. The van der Waals surface area contributed by atoms with Gasteiger partial charge in [-0.05, 0) is 33.6 Å². The van der Waals surface area contributed by atoms with E-state index in [2.05, 4.69) is 24.2 Å². The first-order valence-corrected chi connectivity index (χ1v) is 4.85. The van der Waals surface area contributed by atoms with Gasteiger partial charge in [-0.3, -0.25) is 4.99 Å². The van der Waals surface area contributed by atoms with E-state index >= 15 is 0 Å². The van der Waals surface area contributed by atoms with Crippen LogP contribution in [0.1, 0.15) is 33.6 Å². The predicted octanol–water partition coefficient (Wildman–Crippen LogP) is 2.64. The van der Waals surface area contributed by atoms with Crippen molar-refractivity contribution in [2.24, 2.45) is 4.99 Å². The second kappa shape index (κ2) is 4.85. The van der Waals surface area contributed by atoms with Crippen molar-refractivity contribution in [3.63, 3.8) is 0 Å². The maximum atomic E-state index is 4.42. The van der Waals surface area contributed by atoms with Gasteiger partial charge < -0.3 is 5.32 Å². The number of hydrogen-bond donors (Lipinski definition) is 1. The molecular weight excluding hydrogens is 160 g/mol. The molecule has 0 bridgehead atoms. The van der Waals surface area contributed by atoms with Gasteiger partial charge in [0.2, 0.25) is 0 Å². The van der Waals surface area contributed by atoms with E-state index in [1.54, 1.807) is 0 Å². The van der Waals surface area contributed by atoms with E-state index in [0.717, 1.165) is 13.0 Å². The number of piperidine rings is 1. The number of nitrogens with zero attached hydrogens (tertiary/aromatic N) is 1. The van der Waals surface area contributed by atoms with Crippen LogP contribution in [0.3, 0.4) is 0 Å². The summed E-state index contributed by atoms with van der Waals surface area (Å²) in [6.45, 7) is 7.32. The van der Waals surface area contributed by atoms with Gasteiger partial charge in [0.15, 0.2) is 0 Å². The van der Waals surface area contributed by atoms with Crippen LogP contribution in [-0.4, -0.2) is 12.3 Å². The molecule has 0 spiro atoms. The lowest BCUT2D eigenvalue weighted by Crippen LogP contribution is -2.28. The highest BCUT2D eigenvalue weighted by molar-refractivity contribution is 6.01. The standard InChI is InChI=1S/C11H18N2/c1-4-7-12-10-6-5-8-13-11(10)9(2)3/h4,7,13H,5-6,8H2,1-3H3/b7-4-,12-10-. The van der Waals surface area contributed by atoms with Gasteiger partial charge in [-0.2, -0.15) is 0 Å². The van der Waals surface area contributed by atoms with Gasteiger partial charge in [0.25, 0.3) is 0 Å². The molecule has 0 saturated carbocycles. The van der Waals surface area contributed by atoms with Crippen LogP contribution < -0.4 is 5.32 Å². The van der Waals surface area contributed by atoms with Gasteiger partial charge in [-0.25, -0.2) is 0 Å². The van der Waals surface area contributed by atoms with E-state index < -0.39 is 0 Å².